The summed E-state index contributed by atoms with van der Waals surface area (Å²) in [7, 11) is 0. The average Bonchev–Trinajstić information content (AvgIpc) is 3.29. The van der Waals surface area contributed by atoms with E-state index < -0.39 is 6.09 Å². The highest BCUT2D eigenvalue weighted by Crippen LogP contribution is 2.44. The number of hydrogen-bond acceptors (Lipinski definition) is 4. The molecule has 0 bridgehead atoms. The Labute approximate surface area is 197 Å². The van der Waals surface area contributed by atoms with Gasteiger partial charge in [-0.15, -0.1) is 0 Å². The first-order valence-corrected chi connectivity index (χ1v) is 11.0. The third kappa shape index (κ3) is 3.48. The molecule has 0 spiro atoms. The molecule has 0 unspecified atom stereocenters. The molecule has 0 atom stereocenters. The van der Waals surface area contributed by atoms with E-state index in [0.717, 1.165) is 33.5 Å². The van der Waals surface area contributed by atoms with Gasteiger partial charge in [0, 0.05) is 17.3 Å². The lowest BCUT2D eigenvalue weighted by Gasteiger charge is -2.16. The molecule has 0 saturated carbocycles. The van der Waals surface area contributed by atoms with Gasteiger partial charge in [-0.1, -0.05) is 48.5 Å². The zero-order valence-electron chi connectivity index (χ0n) is 18.9. The zero-order chi connectivity index (χ0) is 23.8. The first-order chi connectivity index (χ1) is 16.5. The topological polar surface area (TPSA) is 87.3 Å². The molecular weight excluding hydrogens is 426 g/mol. The van der Waals surface area contributed by atoms with Gasteiger partial charge in [-0.25, -0.2) is 4.79 Å². The van der Waals surface area contributed by atoms with Gasteiger partial charge in [0.2, 0.25) is 0 Å². The molecule has 0 saturated heterocycles. The lowest BCUT2D eigenvalue weighted by molar-refractivity contribution is 0.158. The molecule has 6 nitrogen and oxygen atoms in total. The number of nitrogens with one attached hydrogen (secondary N) is 1. The summed E-state index contributed by atoms with van der Waals surface area (Å²) in [5.41, 5.74) is 7.26. The number of aromatic hydroxyl groups is 1. The van der Waals surface area contributed by atoms with Crippen LogP contribution in [0, 0.1) is 25.2 Å². The minimum absolute atomic E-state index is 0.0547. The Morgan fingerprint density at radius 2 is 1.59 bits per heavy atom. The van der Waals surface area contributed by atoms with Crippen LogP contribution in [0.2, 0.25) is 0 Å². The highest BCUT2D eigenvalue weighted by Gasteiger charge is 2.29. The van der Waals surface area contributed by atoms with Gasteiger partial charge in [0.15, 0.2) is 0 Å². The van der Waals surface area contributed by atoms with Crippen molar-refractivity contribution in [2.24, 2.45) is 0 Å². The van der Waals surface area contributed by atoms with Crippen molar-refractivity contribution in [1.82, 2.24) is 4.57 Å². The number of fused-ring (bicyclic) bond motifs is 3. The molecule has 1 heterocycles. The van der Waals surface area contributed by atoms with E-state index in [4.69, 9.17) is 4.74 Å². The van der Waals surface area contributed by atoms with E-state index in [2.05, 4.69) is 35.7 Å². The Hall–Kier alpha value is -4.50. The van der Waals surface area contributed by atoms with Crippen molar-refractivity contribution in [3.8, 4) is 28.6 Å². The molecule has 0 fully saturated rings. The Morgan fingerprint density at radius 1 is 1.00 bits per heavy atom. The van der Waals surface area contributed by atoms with Gasteiger partial charge in [0.1, 0.15) is 24.2 Å². The summed E-state index contributed by atoms with van der Waals surface area (Å²) in [4.78, 5) is 12.9. The number of rotatable bonds is 4. The largest absolute Gasteiger partial charge is 0.508 e. The minimum atomic E-state index is -0.629. The number of amides is 1. The van der Waals surface area contributed by atoms with Crippen molar-refractivity contribution in [3.05, 3.63) is 101 Å². The summed E-state index contributed by atoms with van der Waals surface area (Å²) >= 11 is 0. The highest BCUT2D eigenvalue weighted by molar-refractivity contribution is 5.87. The van der Waals surface area contributed by atoms with Crippen LogP contribution in [0.3, 0.4) is 0 Å². The van der Waals surface area contributed by atoms with E-state index >= 15 is 0 Å². The fourth-order valence-corrected chi connectivity index (χ4v) is 4.72. The molecule has 5 rings (SSSR count). The number of aromatic nitrogens is 1. The molecule has 168 valence electrons. The van der Waals surface area contributed by atoms with E-state index in [-0.39, 0.29) is 18.3 Å². The predicted octanol–water partition coefficient (Wildman–Crippen LogP) is 6.03. The fraction of sp³-hybridized carbons (Fsp3) is 0.143. The second-order valence-electron chi connectivity index (χ2n) is 8.35. The third-order valence-corrected chi connectivity index (χ3v) is 6.50. The number of anilines is 1. The summed E-state index contributed by atoms with van der Waals surface area (Å²) < 4.78 is 7.48. The summed E-state index contributed by atoms with van der Waals surface area (Å²) in [6, 6.07) is 25.1. The van der Waals surface area contributed by atoms with Crippen molar-refractivity contribution in [2.45, 2.75) is 19.8 Å². The van der Waals surface area contributed by atoms with E-state index in [1.807, 2.05) is 38.1 Å². The number of carbonyl (C=O) groups excluding carboxylic acids is 1. The van der Waals surface area contributed by atoms with Crippen molar-refractivity contribution in [1.29, 1.82) is 5.26 Å². The summed E-state index contributed by atoms with van der Waals surface area (Å²) in [6.07, 6.45) is -0.629. The highest BCUT2D eigenvalue weighted by atomic mass is 16.5. The van der Waals surface area contributed by atoms with Crippen LogP contribution < -0.4 is 5.32 Å². The number of ether oxygens (including phenoxy) is 1. The van der Waals surface area contributed by atoms with Crippen LogP contribution >= 0.6 is 0 Å². The number of benzene rings is 3. The van der Waals surface area contributed by atoms with Crippen LogP contribution in [0.5, 0.6) is 5.75 Å². The van der Waals surface area contributed by atoms with Crippen LogP contribution in [-0.2, 0) is 4.74 Å². The molecule has 6 heteroatoms. The Kier molecular flexibility index (Phi) is 5.31. The van der Waals surface area contributed by atoms with Gasteiger partial charge >= 0.3 is 6.09 Å². The van der Waals surface area contributed by atoms with Crippen molar-refractivity contribution in [2.75, 3.05) is 11.9 Å². The maximum atomic E-state index is 12.9. The van der Waals surface area contributed by atoms with Crippen molar-refractivity contribution >= 4 is 11.9 Å². The molecule has 1 aromatic heterocycles. The first kappa shape index (κ1) is 21.4. The van der Waals surface area contributed by atoms with Crippen molar-refractivity contribution in [3.63, 3.8) is 0 Å². The van der Waals surface area contributed by atoms with Crippen LogP contribution in [0.25, 0.3) is 16.8 Å². The number of phenolic OH excluding ortho intramolecular Hbond substituents is 1. The van der Waals surface area contributed by atoms with Crippen molar-refractivity contribution < 1.29 is 14.6 Å². The molecule has 1 amide bonds. The maximum absolute atomic E-state index is 12.9. The van der Waals surface area contributed by atoms with Crippen LogP contribution in [-0.4, -0.2) is 22.4 Å². The molecule has 34 heavy (non-hydrogen) atoms. The van der Waals surface area contributed by atoms with E-state index in [1.54, 1.807) is 28.8 Å². The molecule has 1 aliphatic rings. The predicted molar refractivity (Wildman–Crippen MR) is 130 cm³/mol. The lowest BCUT2D eigenvalue weighted by atomic mass is 9.98. The molecule has 2 N–H and O–H groups in total. The monoisotopic (exact) mass is 449 g/mol. The van der Waals surface area contributed by atoms with Gasteiger partial charge in [0.25, 0.3) is 0 Å². The summed E-state index contributed by atoms with van der Waals surface area (Å²) in [5.74, 6) is 0.429. The SMILES string of the molecule is Cc1c(C#N)c(NC(=O)OCC2c3ccccc3-c3ccccc32)n(-c2ccc(O)cc2)c1C. The number of nitriles is 1. The van der Waals surface area contributed by atoms with Gasteiger partial charge in [-0.05, 0) is 65.9 Å². The molecule has 0 radical (unpaired) electrons. The molecule has 1 aliphatic carbocycles. The van der Waals surface area contributed by atoms with Crippen LogP contribution in [0.4, 0.5) is 10.6 Å². The number of nitrogens with zero attached hydrogens (tertiary/aromatic N) is 2. The third-order valence-electron chi connectivity index (χ3n) is 6.50. The standard InChI is InChI=1S/C28H23N3O3/c1-17-18(2)31(19-11-13-20(32)14-12-19)27(25(17)15-29)30-28(33)34-16-26-23-9-5-3-7-21(23)22-8-4-6-10-24(22)26/h3-14,26,32H,16H2,1-2H3,(H,30,33). The maximum Gasteiger partial charge on any atom is 0.412 e. The van der Waals surface area contributed by atoms with Gasteiger partial charge in [-0.2, -0.15) is 5.26 Å². The second-order valence-corrected chi connectivity index (χ2v) is 8.35. The Morgan fingerprint density at radius 3 is 2.18 bits per heavy atom. The van der Waals surface area contributed by atoms with Gasteiger partial charge in [-0.3, -0.25) is 9.88 Å². The quantitative estimate of drug-likeness (QED) is 0.398. The molecular formula is C28H23N3O3. The van der Waals surface area contributed by atoms with Crippen LogP contribution in [0.1, 0.15) is 33.9 Å². The van der Waals surface area contributed by atoms with E-state index in [9.17, 15) is 15.2 Å². The first-order valence-electron chi connectivity index (χ1n) is 11.0. The normalized spacial score (nSPS) is 12.0. The lowest BCUT2D eigenvalue weighted by Crippen LogP contribution is -2.20. The minimum Gasteiger partial charge on any atom is -0.508 e. The Bertz CT molecular complexity index is 1400. The number of phenols is 1. The summed E-state index contributed by atoms with van der Waals surface area (Å²) in [5, 5.41) is 22.2. The molecule has 3 aromatic carbocycles. The van der Waals surface area contributed by atoms with Gasteiger partial charge < -0.3 is 9.84 Å². The van der Waals surface area contributed by atoms with Crippen LogP contribution in [0.15, 0.2) is 72.8 Å². The van der Waals surface area contributed by atoms with E-state index in [1.165, 1.54) is 0 Å². The Balaban J connectivity index is 1.42. The number of carbonyl (C=O) groups is 1. The molecule has 0 aliphatic heterocycles. The smallest absolute Gasteiger partial charge is 0.412 e. The molecule has 4 aromatic rings. The summed E-state index contributed by atoms with van der Waals surface area (Å²) in [6.45, 7) is 3.90. The zero-order valence-corrected chi connectivity index (χ0v) is 18.9. The second kappa shape index (κ2) is 8.45. The van der Waals surface area contributed by atoms with Gasteiger partial charge in [0.05, 0.1) is 5.56 Å². The van der Waals surface area contributed by atoms with E-state index in [0.29, 0.717) is 17.1 Å². The average molecular weight is 450 g/mol. The fourth-order valence-electron chi connectivity index (χ4n) is 4.72. The number of hydrogen-bond donors (Lipinski definition) is 2.